The highest BCUT2D eigenvalue weighted by molar-refractivity contribution is 7.91. The van der Waals surface area contributed by atoms with Gasteiger partial charge in [-0.3, -0.25) is 4.79 Å². The SMILES string of the molecule is O=C(NCc1csc(-c2cccc(OC(F)(F)F)c2)n1)[C@@H]1CCCN1S(=O)(=O)c1ccc(Cl)s1. The van der Waals surface area contributed by atoms with Crippen molar-refractivity contribution in [2.45, 2.75) is 36.0 Å². The number of ether oxygens (including phenoxy) is 1. The fourth-order valence-corrected chi connectivity index (χ4v) is 7.57. The second-order valence-corrected chi connectivity index (χ2v) is 12.0. The minimum Gasteiger partial charge on any atom is -0.406 e. The van der Waals surface area contributed by atoms with Gasteiger partial charge in [0.2, 0.25) is 5.91 Å². The molecule has 1 atom stereocenters. The summed E-state index contributed by atoms with van der Waals surface area (Å²) in [6, 6.07) is 7.51. The number of thiazole rings is 1. The number of amides is 1. The van der Waals surface area contributed by atoms with Gasteiger partial charge in [0.25, 0.3) is 10.0 Å². The Kier molecular flexibility index (Phi) is 7.20. The average molecular weight is 552 g/mol. The van der Waals surface area contributed by atoms with Gasteiger partial charge in [-0.2, -0.15) is 4.31 Å². The Hall–Kier alpha value is -2.19. The predicted octanol–water partition coefficient (Wildman–Crippen LogP) is 4.89. The molecule has 3 aromatic rings. The van der Waals surface area contributed by atoms with E-state index in [4.69, 9.17) is 11.6 Å². The quantitative estimate of drug-likeness (QED) is 0.451. The number of nitrogens with one attached hydrogen (secondary N) is 1. The van der Waals surface area contributed by atoms with Crippen molar-refractivity contribution in [3.63, 3.8) is 0 Å². The summed E-state index contributed by atoms with van der Waals surface area (Å²) in [5.41, 5.74) is 0.930. The van der Waals surface area contributed by atoms with Crippen molar-refractivity contribution < 1.29 is 31.1 Å². The topological polar surface area (TPSA) is 88.6 Å². The van der Waals surface area contributed by atoms with Crippen LogP contribution in [0.2, 0.25) is 4.34 Å². The Bertz CT molecular complexity index is 1290. The lowest BCUT2D eigenvalue weighted by atomic mass is 10.2. The van der Waals surface area contributed by atoms with Crippen LogP contribution in [0.1, 0.15) is 18.5 Å². The molecule has 182 valence electrons. The summed E-state index contributed by atoms with van der Waals surface area (Å²) in [7, 11) is -3.84. The zero-order valence-corrected chi connectivity index (χ0v) is 20.4. The first-order valence-corrected chi connectivity index (χ1v) is 13.4. The molecule has 34 heavy (non-hydrogen) atoms. The summed E-state index contributed by atoms with van der Waals surface area (Å²) in [5, 5.41) is 4.84. The van der Waals surface area contributed by atoms with Gasteiger partial charge >= 0.3 is 6.36 Å². The van der Waals surface area contributed by atoms with E-state index < -0.39 is 28.3 Å². The van der Waals surface area contributed by atoms with Crippen molar-refractivity contribution in [3.8, 4) is 16.3 Å². The predicted molar refractivity (Wildman–Crippen MR) is 122 cm³/mol. The summed E-state index contributed by atoms with van der Waals surface area (Å²) in [5.74, 6) is -0.802. The lowest BCUT2D eigenvalue weighted by Crippen LogP contribution is -2.45. The van der Waals surface area contributed by atoms with Gasteiger partial charge in [0.15, 0.2) is 0 Å². The van der Waals surface area contributed by atoms with Gasteiger partial charge in [-0.15, -0.1) is 35.8 Å². The molecule has 4 rings (SSSR count). The number of benzene rings is 1. The smallest absolute Gasteiger partial charge is 0.406 e. The molecule has 1 aliphatic heterocycles. The van der Waals surface area contributed by atoms with Gasteiger partial charge in [-0.1, -0.05) is 23.7 Å². The largest absolute Gasteiger partial charge is 0.573 e. The van der Waals surface area contributed by atoms with Gasteiger partial charge in [0, 0.05) is 17.5 Å². The van der Waals surface area contributed by atoms with Crippen LogP contribution in [0.4, 0.5) is 13.2 Å². The highest BCUT2D eigenvalue weighted by Gasteiger charge is 2.40. The molecule has 1 N–H and O–H groups in total. The Morgan fingerprint density at radius 2 is 2.09 bits per heavy atom. The van der Waals surface area contributed by atoms with E-state index in [1.807, 2.05) is 0 Å². The monoisotopic (exact) mass is 551 g/mol. The Morgan fingerprint density at radius 1 is 1.29 bits per heavy atom. The van der Waals surface area contributed by atoms with E-state index in [9.17, 15) is 26.4 Å². The molecule has 1 fully saturated rings. The Balaban J connectivity index is 1.41. The van der Waals surface area contributed by atoms with Crippen LogP contribution in [-0.2, 0) is 21.4 Å². The molecule has 0 radical (unpaired) electrons. The molecule has 0 aliphatic carbocycles. The van der Waals surface area contributed by atoms with Crippen molar-refractivity contribution in [2.75, 3.05) is 6.54 Å². The number of sulfonamides is 1. The zero-order chi connectivity index (χ0) is 24.5. The Morgan fingerprint density at radius 3 is 2.79 bits per heavy atom. The van der Waals surface area contributed by atoms with Crippen LogP contribution in [0.25, 0.3) is 10.6 Å². The zero-order valence-electron chi connectivity index (χ0n) is 17.2. The maximum atomic E-state index is 12.9. The fraction of sp³-hybridized carbons (Fsp3) is 0.300. The van der Waals surface area contributed by atoms with Crippen molar-refractivity contribution >= 4 is 50.2 Å². The third-order valence-electron chi connectivity index (χ3n) is 4.93. The molecule has 0 saturated carbocycles. The Labute approximate surface area is 206 Å². The van der Waals surface area contributed by atoms with Crippen LogP contribution >= 0.6 is 34.3 Å². The number of aromatic nitrogens is 1. The van der Waals surface area contributed by atoms with Gasteiger partial charge in [-0.05, 0) is 37.1 Å². The molecule has 1 amide bonds. The number of halogens is 4. The van der Waals surface area contributed by atoms with Crippen LogP contribution in [0.5, 0.6) is 5.75 Å². The summed E-state index contributed by atoms with van der Waals surface area (Å²) >= 11 is 8.00. The maximum Gasteiger partial charge on any atom is 0.573 e. The first-order valence-electron chi connectivity index (χ1n) is 9.88. The number of rotatable bonds is 7. The molecule has 3 heterocycles. The number of hydrogen-bond donors (Lipinski definition) is 1. The molecule has 14 heteroatoms. The lowest BCUT2D eigenvalue weighted by Gasteiger charge is -2.22. The second-order valence-electron chi connectivity index (χ2n) is 7.27. The number of thiophene rings is 1. The first-order chi connectivity index (χ1) is 16.0. The molecule has 1 aliphatic rings. The van der Waals surface area contributed by atoms with E-state index >= 15 is 0 Å². The lowest BCUT2D eigenvalue weighted by molar-refractivity contribution is -0.274. The third kappa shape index (κ3) is 5.71. The number of hydrogen-bond acceptors (Lipinski definition) is 7. The van der Waals surface area contributed by atoms with Gasteiger partial charge in [0.05, 0.1) is 16.6 Å². The minimum absolute atomic E-state index is 0.0449. The van der Waals surface area contributed by atoms with Crippen molar-refractivity contribution in [2.24, 2.45) is 0 Å². The highest BCUT2D eigenvalue weighted by Crippen LogP contribution is 2.33. The normalized spacial score (nSPS) is 17.1. The van der Waals surface area contributed by atoms with Crippen LogP contribution in [0.15, 0.2) is 46.0 Å². The van der Waals surface area contributed by atoms with Crippen molar-refractivity contribution in [3.05, 3.63) is 51.8 Å². The number of carbonyl (C=O) groups is 1. The molecule has 1 aromatic carbocycles. The molecule has 0 bridgehead atoms. The van der Waals surface area contributed by atoms with E-state index in [2.05, 4.69) is 15.0 Å². The number of carbonyl (C=O) groups excluding carboxylic acids is 1. The van der Waals surface area contributed by atoms with E-state index in [0.29, 0.717) is 33.4 Å². The van der Waals surface area contributed by atoms with Gasteiger partial charge in [0.1, 0.15) is 21.0 Å². The van der Waals surface area contributed by atoms with E-state index in [-0.39, 0.29) is 23.0 Å². The van der Waals surface area contributed by atoms with Crippen molar-refractivity contribution in [1.82, 2.24) is 14.6 Å². The van der Waals surface area contributed by atoms with Crippen LogP contribution in [-0.4, -0.2) is 42.6 Å². The standard InChI is InChI=1S/C20H17ClF3N3O4S3/c21-16-6-7-17(33-16)34(29,30)27-8-2-5-15(27)18(28)25-10-13-11-32-19(26-13)12-3-1-4-14(9-12)31-20(22,23)24/h1,3-4,6-7,9,11,15H,2,5,8,10H2,(H,25,28)/t15-/m0/s1. The molecule has 7 nitrogen and oxygen atoms in total. The molecular weight excluding hydrogens is 535 g/mol. The first kappa shape index (κ1) is 24.9. The fourth-order valence-electron chi connectivity index (χ4n) is 3.48. The average Bonchev–Trinajstić information content (AvgIpc) is 3.51. The number of alkyl halides is 3. The van der Waals surface area contributed by atoms with E-state index in [0.717, 1.165) is 11.3 Å². The molecule has 0 unspecified atom stereocenters. The van der Waals surface area contributed by atoms with Gasteiger partial charge in [-0.25, -0.2) is 13.4 Å². The maximum absolute atomic E-state index is 12.9. The second kappa shape index (κ2) is 9.82. The van der Waals surface area contributed by atoms with Crippen LogP contribution < -0.4 is 10.1 Å². The summed E-state index contributed by atoms with van der Waals surface area (Å²) in [4.78, 5) is 17.1. The third-order valence-corrected chi connectivity index (χ3v) is 9.47. The molecule has 0 spiro atoms. The molecular formula is C20H17ClF3N3O4S3. The summed E-state index contributed by atoms with van der Waals surface area (Å²) in [6.07, 6.45) is -3.86. The van der Waals surface area contributed by atoms with Crippen molar-refractivity contribution in [1.29, 1.82) is 0 Å². The number of nitrogens with zero attached hydrogens (tertiary/aromatic N) is 2. The minimum atomic E-state index is -4.80. The van der Waals surface area contributed by atoms with E-state index in [1.54, 1.807) is 11.4 Å². The summed E-state index contributed by atoms with van der Waals surface area (Å²) in [6.45, 7) is 0.274. The van der Waals surface area contributed by atoms with Crippen LogP contribution in [0, 0.1) is 0 Å². The highest BCUT2D eigenvalue weighted by atomic mass is 35.5. The van der Waals surface area contributed by atoms with Crippen LogP contribution in [0.3, 0.4) is 0 Å². The molecule has 2 aromatic heterocycles. The molecule has 1 saturated heterocycles. The van der Waals surface area contributed by atoms with E-state index in [1.165, 1.54) is 46.0 Å². The summed E-state index contributed by atoms with van der Waals surface area (Å²) < 4.78 is 68.8. The van der Waals surface area contributed by atoms with Gasteiger partial charge < -0.3 is 10.1 Å².